The van der Waals surface area contributed by atoms with E-state index >= 15 is 0 Å². The van der Waals surface area contributed by atoms with Gasteiger partial charge in [-0.15, -0.1) is 0 Å². The van der Waals surface area contributed by atoms with Crippen molar-refractivity contribution < 1.29 is 28.9 Å². The smallest absolute Gasteiger partial charge is 0.348 e. The number of hydrogen-bond donors (Lipinski definition) is 4. The SMILES string of the molecule is Cc1ccc(F)cc1[C@@H]1NC(=O)C[C@H](c2cc(Cl)ccc2OC2(C(=O)O)CCC2)C12c1ccc(Cl)cc1NC2O. The fourth-order valence-electron chi connectivity index (χ4n) is 6.59. The lowest BCUT2D eigenvalue weighted by Crippen LogP contribution is -2.58. The van der Waals surface area contributed by atoms with Crippen LogP contribution in [-0.2, 0) is 15.0 Å². The van der Waals surface area contributed by atoms with Gasteiger partial charge in [-0.2, -0.15) is 0 Å². The van der Waals surface area contributed by atoms with Crippen molar-refractivity contribution >= 4 is 40.8 Å². The summed E-state index contributed by atoms with van der Waals surface area (Å²) in [5.41, 5.74) is 0.304. The summed E-state index contributed by atoms with van der Waals surface area (Å²) in [5, 5.41) is 28.8. The number of aryl methyl sites for hydroxylation is 1. The van der Waals surface area contributed by atoms with Gasteiger partial charge in [-0.3, -0.25) is 4.79 Å². The standard InChI is InChI=1S/C30H27Cl2FN2O5/c1-15-3-6-18(33)13-19(15)26-30(21-7-4-17(32)12-23(21)34-27(30)37)22(14-25(36)35-26)20-11-16(31)5-8-24(20)40-29(28(38)39)9-2-10-29/h3-8,11-13,22,26-27,34,37H,2,9-10,14H2,1H3,(H,35,36)(H,38,39)/t22-,26+,27?,30?/m1/s1. The highest BCUT2D eigenvalue weighted by Crippen LogP contribution is 2.60. The molecular formula is C30H27Cl2FN2O5. The minimum absolute atomic E-state index is 0.0670. The molecule has 1 saturated heterocycles. The lowest BCUT2D eigenvalue weighted by atomic mass is 9.58. The van der Waals surface area contributed by atoms with Gasteiger partial charge in [0.05, 0.1) is 11.5 Å². The van der Waals surface area contributed by atoms with Crippen molar-refractivity contribution in [2.45, 2.75) is 61.8 Å². The summed E-state index contributed by atoms with van der Waals surface area (Å²) in [6, 6.07) is 13.5. The Labute approximate surface area is 240 Å². The Morgan fingerprint density at radius 2 is 1.75 bits per heavy atom. The van der Waals surface area contributed by atoms with Gasteiger partial charge in [0.15, 0.2) is 0 Å². The minimum atomic E-state index is -1.39. The van der Waals surface area contributed by atoms with Gasteiger partial charge in [0.1, 0.15) is 17.8 Å². The van der Waals surface area contributed by atoms with Crippen molar-refractivity contribution in [3.05, 3.63) is 92.7 Å². The predicted molar refractivity (Wildman–Crippen MR) is 148 cm³/mol. The molecule has 4 atom stereocenters. The van der Waals surface area contributed by atoms with E-state index in [0.717, 1.165) is 5.56 Å². The molecule has 6 rings (SSSR count). The molecule has 3 aromatic rings. The molecule has 1 spiro atoms. The number of anilines is 1. The number of amides is 1. The van der Waals surface area contributed by atoms with Crippen LogP contribution in [-0.4, -0.2) is 33.9 Å². The van der Waals surface area contributed by atoms with Crippen LogP contribution >= 0.6 is 23.2 Å². The first-order valence-corrected chi connectivity index (χ1v) is 13.8. The summed E-state index contributed by atoms with van der Waals surface area (Å²) in [6.07, 6.45) is 0.0861. The van der Waals surface area contributed by atoms with Crippen LogP contribution in [0.2, 0.25) is 10.0 Å². The number of carboxylic acids is 1. The summed E-state index contributed by atoms with van der Waals surface area (Å²) in [7, 11) is 0. The number of benzene rings is 3. The Bertz CT molecular complexity index is 1540. The fourth-order valence-corrected chi connectivity index (χ4v) is 6.94. The highest BCUT2D eigenvalue weighted by Gasteiger charge is 2.61. The topological polar surface area (TPSA) is 108 Å². The maximum absolute atomic E-state index is 14.7. The Balaban J connectivity index is 1.61. The normalized spacial score (nSPS) is 26.4. The Hall–Kier alpha value is -3.33. The summed E-state index contributed by atoms with van der Waals surface area (Å²) < 4.78 is 20.9. The van der Waals surface area contributed by atoms with Crippen molar-refractivity contribution in [3.8, 4) is 5.75 Å². The summed E-state index contributed by atoms with van der Waals surface area (Å²) >= 11 is 12.8. The van der Waals surface area contributed by atoms with E-state index in [1.165, 1.54) is 12.1 Å². The number of carbonyl (C=O) groups is 2. The van der Waals surface area contributed by atoms with Gasteiger partial charge in [-0.05, 0) is 85.3 Å². The minimum Gasteiger partial charge on any atom is -0.478 e. The highest BCUT2D eigenvalue weighted by atomic mass is 35.5. The number of ether oxygens (including phenoxy) is 1. The molecule has 2 aliphatic heterocycles. The Morgan fingerprint density at radius 3 is 2.45 bits per heavy atom. The fraction of sp³-hybridized carbons (Fsp3) is 0.333. The van der Waals surface area contributed by atoms with Gasteiger partial charge >= 0.3 is 5.97 Å². The number of fused-ring (bicyclic) bond motifs is 2. The van der Waals surface area contributed by atoms with Crippen LogP contribution < -0.4 is 15.4 Å². The van der Waals surface area contributed by atoms with Gasteiger partial charge in [-0.25, -0.2) is 9.18 Å². The van der Waals surface area contributed by atoms with Crippen LogP contribution in [0.5, 0.6) is 5.75 Å². The second-order valence-corrected chi connectivity index (χ2v) is 11.7. The zero-order valence-electron chi connectivity index (χ0n) is 21.5. The van der Waals surface area contributed by atoms with Crippen LogP contribution in [0.1, 0.15) is 59.9 Å². The maximum Gasteiger partial charge on any atom is 0.348 e. The maximum atomic E-state index is 14.7. The van der Waals surface area contributed by atoms with E-state index in [4.69, 9.17) is 27.9 Å². The van der Waals surface area contributed by atoms with Crippen molar-refractivity contribution in [3.63, 3.8) is 0 Å². The molecule has 2 fully saturated rings. The zero-order chi connectivity index (χ0) is 28.4. The molecular weight excluding hydrogens is 558 g/mol. The van der Waals surface area contributed by atoms with Crippen LogP contribution in [0.25, 0.3) is 0 Å². The molecule has 1 saturated carbocycles. The zero-order valence-corrected chi connectivity index (χ0v) is 23.0. The van der Waals surface area contributed by atoms with Crippen LogP contribution in [0.4, 0.5) is 10.1 Å². The second-order valence-electron chi connectivity index (χ2n) is 10.9. The number of piperidine rings is 1. The molecule has 3 aromatic carbocycles. The number of halogens is 3. The molecule has 0 bridgehead atoms. The number of carboxylic acid groups (broad SMARTS) is 1. The molecule has 2 unspecified atom stereocenters. The molecule has 40 heavy (non-hydrogen) atoms. The van der Waals surface area contributed by atoms with Crippen LogP contribution in [0.3, 0.4) is 0 Å². The number of aliphatic hydroxyl groups is 1. The monoisotopic (exact) mass is 584 g/mol. The lowest BCUT2D eigenvalue weighted by molar-refractivity contribution is -0.163. The van der Waals surface area contributed by atoms with Crippen molar-refractivity contribution in [2.24, 2.45) is 0 Å². The van der Waals surface area contributed by atoms with Gasteiger partial charge in [-0.1, -0.05) is 35.3 Å². The van der Waals surface area contributed by atoms with Crippen molar-refractivity contribution in [1.82, 2.24) is 5.32 Å². The van der Waals surface area contributed by atoms with Gasteiger partial charge < -0.3 is 25.6 Å². The van der Waals surface area contributed by atoms with E-state index in [2.05, 4.69) is 10.6 Å². The average molecular weight is 585 g/mol. The number of carbonyl (C=O) groups excluding carboxylic acids is 1. The van der Waals surface area contributed by atoms with Crippen molar-refractivity contribution in [1.29, 1.82) is 0 Å². The highest BCUT2D eigenvalue weighted by molar-refractivity contribution is 6.31. The first-order chi connectivity index (χ1) is 19.0. The molecule has 0 radical (unpaired) electrons. The molecule has 3 aliphatic rings. The molecule has 2 heterocycles. The van der Waals surface area contributed by atoms with Gasteiger partial charge in [0.2, 0.25) is 11.5 Å². The second kappa shape index (κ2) is 9.65. The summed E-state index contributed by atoms with van der Waals surface area (Å²) in [5.74, 6) is -2.34. The van der Waals surface area contributed by atoms with E-state index in [1.54, 1.807) is 42.5 Å². The molecule has 10 heteroatoms. The van der Waals surface area contributed by atoms with E-state index in [9.17, 15) is 24.2 Å². The van der Waals surface area contributed by atoms with Gasteiger partial charge in [0.25, 0.3) is 0 Å². The number of rotatable bonds is 5. The molecule has 4 N–H and O–H groups in total. The Morgan fingerprint density at radius 1 is 1.02 bits per heavy atom. The quantitative estimate of drug-likeness (QED) is 0.299. The first kappa shape index (κ1) is 26.9. The summed E-state index contributed by atoms with van der Waals surface area (Å²) in [6.45, 7) is 1.82. The Kier molecular flexibility index (Phi) is 6.48. The van der Waals surface area contributed by atoms with Crippen LogP contribution in [0.15, 0.2) is 54.6 Å². The lowest BCUT2D eigenvalue weighted by Gasteiger charge is -2.50. The first-order valence-electron chi connectivity index (χ1n) is 13.1. The third-order valence-corrected chi connectivity index (χ3v) is 9.17. The summed E-state index contributed by atoms with van der Waals surface area (Å²) in [4.78, 5) is 25.6. The number of aliphatic hydroxyl groups excluding tert-OH is 1. The van der Waals surface area contributed by atoms with E-state index < -0.39 is 41.0 Å². The van der Waals surface area contributed by atoms with Gasteiger partial charge in [0, 0.05) is 33.6 Å². The number of hydrogen-bond acceptors (Lipinski definition) is 5. The number of nitrogens with one attached hydrogen (secondary N) is 2. The van der Waals surface area contributed by atoms with Crippen molar-refractivity contribution in [2.75, 3.05) is 5.32 Å². The largest absolute Gasteiger partial charge is 0.478 e. The predicted octanol–water partition coefficient (Wildman–Crippen LogP) is 5.85. The van der Waals surface area contributed by atoms with E-state index in [-0.39, 0.29) is 18.1 Å². The molecule has 7 nitrogen and oxygen atoms in total. The third-order valence-electron chi connectivity index (χ3n) is 8.70. The van der Waals surface area contributed by atoms with E-state index in [1.807, 2.05) is 6.92 Å². The molecule has 1 aliphatic carbocycles. The molecule has 208 valence electrons. The molecule has 0 aromatic heterocycles. The van der Waals surface area contributed by atoms with E-state index in [0.29, 0.717) is 51.7 Å². The average Bonchev–Trinajstić information content (AvgIpc) is 3.15. The third kappa shape index (κ3) is 4.04. The molecule has 1 amide bonds. The van der Waals surface area contributed by atoms with Crippen LogP contribution in [0, 0.1) is 12.7 Å². The number of aliphatic carboxylic acids is 1.